The number of H-pyrrole nitrogens is 1. The Morgan fingerprint density at radius 2 is 1.82 bits per heavy atom. The lowest BCUT2D eigenvalue weighted by atomic mass is 10.1. The number of rotatable bonds is 11. The summed E-state index contributed by atoms with van der Waals surface area (Å²) < 4.78 is 11.0. The molecule has 0 atom stereocenters. The molecule has 3 aromatic rings. The molecule has 0 spiro atoms. The summed E-state index contributed by atoms with van der Waals surface area (Å²) in [5.41, 5.74) is 4.46. The third-order valence-corrected chi connectivity index (χ3v) is 4.96. The molecule has 8 heteroatoms. The van der Waals surface area contributed by atoms with Crippen LogP contribution in [0.1, 0.15) is 23.9 Å². The van der Waals surface area contributed by atoms with Crippen LogP contribution in [0.25, 0.3) is 11.3 Å². The fraction of sp³-hybridized carbons (Fsp3) is 0.360. The number of benzene rings is 2. The first-order valence-electron chi connectivity index (χ1n) is 10.9. The van der Waals surface area contributed by atoms with Gasteiger partial charge in [-0.2, -0.15) is 0 Å². The van der Waals surface area contributed by atoms with E-state index in [0.717, 1.165) is 28.6 Å². The minimum atomic E-state index is 0. The van der Waals surface area contributed by atoms with Gasteiger partial charge in [-0.25, -0.2) is 4.98 Å². The largest absolute Gasteiger partial charge is 0.379 e. The molecule has 1 aromatic heterocycles. The quantitative estimate of drug-likeness (QED) is 0.156. The standard InChI is InChI=1S/C25H33N5O2.HI/c1-4-31-13-14-32-19-21-10-8-9-20(15-21)16-28-25(26-2)30(3)18-24-27-17-23(29-24)22-11-6-5-7-12-22;/h5-12,15,17H,4,13-14,16,18-19H2,1-3H3,(H,26,28)(H,27,29);1H. The van der Waals surface area contributed by atoms with E-state index in [1.165, 1.54) is 5.56 Å². The summed E-state index contributed by atoms with van der Waals surface area (Å²) in [5, 5.41) is 3.43. The maximum atomic E-state index is 5.67. The molecule has 178 valence electrons. The molecule has 33 heavy (non-hydrogen) atoms. The normalized spacial score (nSPS) is 11.2. The number of imidazole rings is 1. The number of guanidine groups is 1. The summed E-state index contributed by atoms with van der Waals surface area (Å²) >= 11 is 0. The van der Waals surface area contributed by atoms with Crippen molar-refractivity contribution in [3.8, 4) is 11.3 Å². The Balaban J connectivity index is 0.00000385. The Kier molecular flexibility index (Phi) is 11.9. The molecule has 2 N–H and O–H groups in total. The lowest BCUT2D eigenvalue weighted by molar-refractivity contribution is 0.0453. The number of hydrogen-bond acceptors (Lipinski definition) is 4. The second-order valence-corrected chi connectivity index (χ2v) is 7.44. The molecule has 0 radical (unpaired) electrons. The Morgan fingerprint density at radius 3 is 2.58 bits per heavy atom. The molecule has 3 rings (SSSR count). The summed E-state index contributed by atoms with van der Waals surface area (Å²) in [6.45, 7) is 5.82. The van der Waals surface area contributed by atoms with Gasteiger partial charge in [0, 0.05) is 27.2 Å². The van der Waals surface area contributed by atoms with Crippen LogP contribution in [0.2, 0.25) is 0 Å². The van der Waals surface area contributed by atoms with Crippen LogP contribution in [0, 0.1) is 0 Å². The van der Waals surface area contributed by atoms with E-state index in [4.69, 9.17) is 9.47 Å². The number of aliphatic imine (C=N–C) groups is 1. The number of hydrogen-bond donors (Lipinski definition) is 2. The van der Waals surface area contributed by atoms with E-state index in [-0.39, 0.29) is 24.0 Å². The van der Waals surface area contributed by atoms with E-state index in [1.54, 1.807) is 7.05 Å². The van der Waals surface area contributed by atoms with Crippen LogP contribution in [0.3, 0.4) is 0 Å². The molecule has 0 amide bonds. The minimum absolute atomic E-state index is 0. The van der Waals surface area contributed by atoms with Gasteiger partial charge in [-0.3, -0.25) is 4.99 Å². The number of ether oxygens (including phenoxy) is 2. The second-order valence-electron chi connectivity index (χ2n) is 7.44. The maximum absolute atomic E-state index is 5.67. The highest BCUT2D eigenvalue weighted by atomic mass is 127. The average Bonchev–Trinajstić information content (AvgIpc) is 3.29. The molecule has 0 bridgehead atoms. The Morgan fingerprint density at radius 1 is 1.06 bits per heavy atom. The smallest absolute Gasteiger partial charge is 0.194 e. The zero-order valence-electron chi connectivity index (χ0n) is 19.6. The van der Waals surface area contributed by atoms with E-state index in [1.807, 2.05) is 43.3 Å². The first-order valence-corrected chi connectivity index (χ1v) is 10.9. The van der Waals surface area contributed by atoms with E-state index >= 15 is 0 Å². The molecule has 1 heterocycles. The maximum Gasteiger partial charge on any atom is 0.194 e. The third-order valence-electron chi connectivity index (χ3n) is 4.96. The highest BCUT2D eigenvalue weighted by Gasteiger charge is 2.10. The van der Waals surface area contributed by atoms with Crippen molar-refractivity contribution in [1.82, 2.24) is 20.2 Å². The van der Waals surface area contributed by atoms with E-state index in [9.17, 15) is 0 Å². The predicted octanol–water partition coefficient (Wildman–Crippen LogP) is 4.46. The fourth-order valence-electron chi connectivity index (χ4n) is 3.35. The van der Waals surface area contributed by atoms with Gasteiger partial charge in [-0.1, -0.05) is 54.6 Å². The highest BCUT2D eigenvalue weighted by Crippen LogP contribution is 2.16. The number of nitrogens with one attached hydrogen (secondary N) is 2. The van der Waals surface area contributed by atoms with Crippen molar-refractivity contribution in [2.24, 2.45) is 4.99 Å². The lowest BCUT2D eigenvalue weighted by Crippen LogP contribution is -2.38. The molecule has 0 unspecified atom stereocenters. The molecule has 2 aromatic carbocycles. The average molecular weight is 563 g/mol. The summed E-state index contributed by atoms with van der Waals surface area (Å²) in [5.74, 6) is 1.70. The van der Waals surface area contributed by atoms with E-state index in [0.29, 0.717) is 39.5 Å². The minimum Gasteiger partial charge on any atom is -0.379 e. The van der Waals surface area contributed by atoms with Crippen molar-refractivity contribution in [2.45, 2.75) is 26.6 Å². The Bertz CT molecular complexity index is 978. The molecule has 0 fully saturated rings. The van der Waals surface area contributed by atoms with Gasteiger partial charge in [0.25, 0.3) is 0 Å². The van der Waals surface area contributed by atoms with Gasteiger partial charge < -0.3 is 24.7 Å². The van der Waals surface area contributed by atoms with Crippen LogP contribution in [0.5, 0.6) is 0 Å². The molecule has 7 nitrogen and oxygen atoms in total. The molecule has 0 aliphatic heterocycles. The topological polar surface area (TPSA) is 74.8 Å². The predicted molar refractivity (Wildman–Crippen MR) is 144 cm³/mol. The van der Waals surface area contributed by atoms with Crippen LogP contribution >= 0.6 is 24.0 Å². The van der Waals surface area contributed by atoms with Gasteiger partial charge in [-0.15, -0.1) is 24.0 Å². The molecule has 0 aliphatic rings. The van der Waals surface area contributed by atoms with Crippen molar-refractivity contribution in [3.05, 3.63) is 77.7 Å². The van der Waals surface area contributed by atoms with Crippen molar-refractivity contribution >= 4 is 29.9 Å². The van der Waals surface area contributed by atoms with E-state index < -0.39 is 0 Å². The van der Waals surface area contributed by atoms with Gasteiger partial charge in [0.15, 0.2) is 5.96 Å². The van der Waals surface area contributed by atoms with E-state index in [2.05, 4.69) is 56.7 Å². The summed E-state index contributed by atoms with van der Waals surface area (Å²) in [4.78, 5) is 14.4. The second kappa shape index (κ2) is 14.7. The number of nitrogens with zero attached hydrogens (tertiary/aromatic N) is 3. The first-order chi connectivity index (χ1) is 15.7. The zero-order valence-corrected chi connectivity index (χ0v) is 21.9. The Labute approximate surface area is 213 Å². The molecule has 0 saturated heterocycles. The van der Waals surface area contributed by atoms with Gasteiger partial charge in [0.05, 0.1) is 38.3 Å². The Hall–Kier alpha value is -2.43. The summed E-state index contributed by atoms with van der Waals surface area (Å²) in [6.07, 6.45) is 1.87. The van der Waals surface area contributed by atoms with Crippen molar-refractivity contribution < 1.29 is 9.47 Å². The number of aromatic nitrogens is 2. The first kappa shape index (κ1) is 26.8. The lowest BCUT2D eigenvalue weighted by Gasteiger charge is -2.21. The van der Waals surface area contributed by atoms with Crippen LogP contribution in [-0.2, 0) is 29.2 Å². The van der Waals surface area contributed by atoms with Gasteiger partial charge in [0.1, 0.15) is 5.82 Å². The van der Waals surface area contributed by atoms with Crippen LogP contribution < -0.4 is 5.32 Å². The fourth-order valence-corrected chi connectivity index (χ4v) is 3.35. The van der Waals surface area contributed by atoms with Crippen molar-refractivity contribution in [3.63, 3.8) is 0 Å². The van der Waals surface area contributed by atoms with Crippen molar-refractivity contribution in [1.29, 1.82) is 0 Å². The SMILES string of the molecule is CCOCCOCc1cccc(CNC(=NC)N(C)Cc2ncc(-c3ccccc3)[nH]2)c1.I. The summed E-state index contributed by atoms with van der Waals surface area (Å²) in [6, 6.07) is 18.6. The van der Waals surface area contributed by atoms with Gasteiger partial charge in [0.2, 0.25) is 0 Å². The van der Waals surface area contributed by atoms with Gasteiger partial charge >= 0.3 is 0 Å². The molecule has 0 aliphatic carbocycles. The van der Waals surface area contributed by atoms with Crippen LogP contribution in [0.15, 0.2) is 65.8 Å². The monoisotopic (exact) mass is 563 g/mol. The number of aromatic amines is 1. The van der Waals surface area contributed by atoms with Crippen LogP contribution in [0.4, 0.5) is 0 Å². The molecular formula is C25H34IN5O2. The number of halogens is 1. The molecule has 0 saturated carbocycles. The van der Waals surface area contributed by atoms with Crippen LogP contribution in [-0.4, -0.2) is 54.7 Å². The molecular weight excluding hydrogens is 529 g/mol. The summed E-state index contributed by atoms with van der Waals surface area (Å²) in [7, 11) is 3.79. The van der Waals surface area contributed by atoms with Crippen molar-refractivity contribution in [2.75, 3.05) is 33.9 Å². The van der Waals surface area contributed by atoms with Gasteiger partial charge in [-0.05, 0) is 23.6 Å². The zero-order chi connectivity index (χ0) is 22.6. The third kappa shape index (κ3) is 8.79. The highest BCUT2D eigenvalue weighted by molar-refractivity contribution is 14.0.